The van der Waals surface area contributed by atoms with Crippen molar-refractivity contribution in [2.24, 2.45) is 0 Å². The van der Waals surface area contributed by atoms with Gasteiger partial charge in [0.15, 0.2) is 0 Å². The Labute approximate surface area is 534 Å². The molecule has 508 valence electrons. The molecule has 0 fully saturated rings. The lowest BCUT2D eigenvalue weighted by Gasteiger charge is -2.22. The zero-order chi connectivity index (χ0) is 61.3. The van der Waals surface area contributed by atoms with E-state index in [1.807, 2.05) is 0 Å². The van der Waals surface area contributed by atoms with Crippen LogP contribution in [0.15, 0.2) is 0 Å². The lowest BCUT2D eigenvalue weighted by atomic mass is 10.0. The number of amides is 1. The molecular formula is C79H157NO5. The minimum absolute atomic E-state index is 0.0243. The van der Waals surface area contributed by atoms with E-state index in [9.17, 15) is 19.8 Å². The Hall–Kier alpha value is -1.14. The molecule has 6 heteroatoms. The summed E-state index contributed by atoms with van der Waals surface area (Å²) in [6.45, 7) is 5.02. The molecule has 0 saturated carbocycles. The van der Waals surface area contributed by atoms with E-state index in [4.69, 9.17) is 4.74 Å². The van der Waals surface area contributed by atoms with Gasteiger partial charge in [-0.15, -0.1) is 0 Å². The van der Waals surface area contributed by atoms with Gasteiger partial charge in [-0.05, 0) is 25.7 Å². The monoisotopic (exact) mass is 1200 g/mol. The number of unbranched alkanes of at least 4 members (excludes halogenated alkanes) is 65. The first-order valence-electron chi connectivity index (χ1n) is 39.8. The first kappa shape index (κ1) is 83.9. The minimum atomic E-state index is -0.660. The summed E-state index contributed by atoms with van der Waals surface area (Å²) in [4.78, 5) is 24.6. The largest absolute Gasteiger partial charge is 0.466 e. The molecule has 0 aliphatic rings. The second-order valence-electron chi connectivity index (χ2n) is 27.8. The van der Waals surface area contributed by atoms with Crippen LogP contribution in [0.1, 0.15) is 470 Å². The van der Waals surface area contributed by atoms with Gasteiger partial charge in [0.1, 0.15) is 0 Å². The molecule has 0 aliphatic carbocycles. The Morgan fingerprint density at radius 2 is 0.482 bits per heavy atom. The molecule has 0 aromatic heterocycles. The topological polar surface area (TPSA) is 95.9 Å². The number of rotatable bonds is 76. The summed E-state index contributed by atoms with van der Waals surface area (Å²) >= 11 is 0. The van der Waals surface area contributed by atoms with E-state index < -0.39 is 12.1 Å². The van der Waals surface area contributed by atoms with Crippen LogP contribution < -0.4 is 5.32 Å². The van der Waals surface area contributed by atoms with Gasteiger partial charge in [-0.25, -0.2) is 0 Å². The number of carbonyl (C=O) groups is 2. The summed E-state index contributed by atoms with van der Waals surface area (Å²) in [6, 6.07) is -0.537. The standard InChI is InChI=1S/C79H157NO5/c1-3-5-7-9-11-13-15-17-19-20-40-44-47-51-55-59-63-67-71-77(82)76(75-81)80-78(83)72-68-64-60-56-52-48-45-41-38-36-34-32-30-28-26-24-22-21-23-25-27-29-31-33-35-37-39-42-46-50-54-58-62-66-70-74-85-79(84)73-69-65-61-57-53-49-43-18-16-14-12-10-8-6-4-2/h76-77,81-82H,3-75H2,1-2H3,(H,80,83). The third kappa shape index (κ3) is 71.8. The van der Waals surface area contributed by atoms with Crippen molar-refractivity contribution in [1.82, 2.24) is 5.32 Å². The highest BCUT2D eigenvalue weighted by Gasteiger charge is 2.20. The molecule has 2 atom stereocenters. The fourth-order valence-electron chi connectivity index (χ4n) is 13.1. The van der Waals surface area contributed by atoms with Gasteiger partial charge >= 0.3 is 5.97 Å². The van der Waals surface area contributed by atoms with Crippen LogP contribution in [-0.2, 0) is 14.3 Å². The summed E-state index contributed by atoms with van der Waals surface area (Å²) in [5.74, 6) is 0.00262. The highest BCUT2D eigenvalue weighted by atomic mass is 16.5. The van der Waals surface area contributed by atoms with E-state index in [1.165, 1.54) is 398 Å². The number of aliphatic hydroxyl groups is 2. The first-order valence-corrected chi connectivity index (χ1v) is 39.8. The molecule has 0 heterocycles. The number of carbonyl (C=O) groups excluding carboxylic acids is 2. The van der Waals surface area contributed by atoms with Crippen molar-refractivity contribution in [3.05, 3.63) is 0 Å². The average molecular weight is 1200 g/mol. The zero-order valence-electron chi connectivity index (χ0n) is 58.4. The predicted molar refractivity (Wildman–Crippen MR) is 375 cm³/mol. The minimum Gasteiger partial charge on any atom is -0.466 e. The van der Waals surface area contributed by atoms with Gasteiger partial charge in [0, 0.05) is 12.8 Å². The zero-order valence-corrected chi connectivity index (χ0v) is 58.4. The average Bonchev–Trinajstić information content (AvgIpc) is 3.54. The summed E-state index contributed by atoms with van der Waals surface area (Å²) < 4.78 is 5.51. The third-order valence-corrected chi connectivity index (χ3v) is 19.2. The van der Waals surface area contributed by atoms with E-state index in [1.54, 1.807) is 0 Å². The Bertz CT molecular complexity index is 1240. The van der Waals surface area contributed by atoms with E-state index >= 15 is 0 Å². The fourth-order valence-corrected chi connectivity index (χ4v) is 13.1. The van der Waals surface area contributed by atoms with Gasteiger partial charge < -0.3 is 20.3 Å². The van der Waals surface area contributed by atoms with Crippen molar-refractivity contribution in [3.63, 3.8) is 0 Å². The Morgan fingerprint density at radius 3 is 0.718 bits per heavy atom. The third-order valence-electron chi connectivity index (χ3n) is 19.2. The van der Waals surface area contributed by atoms with E-state index in [-0.39, 0.29) is 18.5 Å². The second kappa shape index (κ2) is 75.3. The Kier molecular flexibility index (Phi) is 74.3. The van der Waals surface area contributed by atoms with Crippen molar-refractivity contribution in [2.75, 3.05) is 13.2 Å². The molecule has 85 heavy (non-hydrogen) atoms. The number of aliphatic hydroxyl groups excluding tert-OH is 2. The molecule has 0 spiro atoms. The fraction of sp³-hybridized carbons (Fsp3) is 0.975. The molecular weight excluding hydrogens is 1040 g/mol. The van der Waals surface area contributed by atoms with Crippen LogP contribution in [0.25, 0.3) is 0 Å². The van der Waals surface area contributed by atoms with Gasteiger partial charge in [-0.1, -0.05) is 431 Å². The van der Waals surface area contributed by atoms with Gasteiger partial charge in [0.25, 0.3) is 0 Å². The number of esters is 1. The molecule has 0 bridgehead atoms. The van der Waals surface area contributed by atoms with Gasteiger partial charge in [0.2, 0.25) is 5.91 Å². The van der Waals surface area contributed by atoms with E-state index in [0.717, 1.165) is 38.5 Å². The highest BCUT2D eigenvalue weighted by molar-refractivity contribution is 5.76. The van der Waals surface area contributed by atoms with Gasteiger partial charge in [0.05, 0.1) is 25.4 Å². The van der Waals surface area contributed by atoms with Crippen LogP contribution in [-0.4, -0.2) is 47.4 Å². The smallest absolute Gasteiger partial charge is 0.305 e. The van der Waals surface area contributed by atoms with E-state index in [2.05, 4.69) is 19.2 Å². The molecule has 0 radical (unpaired) electrons. The maximum Gasteiger partial charge on any atom is 0.305 e. The van der Waals surface area contributed by atoms with E-state index in [0.29, 0.717) is 25.9 Å². The van der Waals surface area contributed by atoms with Gasteiger partial charge in [-0.2, -0.15) is 0 Å². The quantitative estimate of drug-likeness (QED) is 0.0417. The second-order valence-corrected chi connectivity index (χ2v) is 27.8. The lowest BCUT2D eigenvalue weighted by Crippen LogP contribution is -2.45. The normalized spacial score (nSPS) is 12.4. The number of ether oxygens (including phenoxy) is 1. The van der Waals surface area contributed by atoms with Crippen molar-refractivity contribution in [3.8, 4) is 0 Å². The maximum atomic E-state index is 12.5. The molecule has 0 saturated heterocycles. The molecule has 2 unspecified atom stereocenters. The van der Waals surface area contributed by atoms with Crippen LogP contribution in [0.4, 0.5) is 0 Å². The lowest BCUT2D eigenvalue weighted by molar-refractivity contribution is -0.143. The van der Waals surface area contributed by atoms with Crippen molar-refractivity contribution >= 4 is 11.9 Å². The summed E-state index contributed by atoms with van der Waals surface area (Å²) in [6.07, 6.45) is 93.5. The maximum absolute atomic E-state index is 12.5. The molecule has 1 amide bonds. The predicted octanol–water partition coefficient (Wildman–Crippen LogP) is 26.1. The van der Waals surface area contributed by atoms with Crippen LogP contribution in [0.3, 0.4) is 0 Å². The molecule has 6 nitrogen and oxygen atoms in total. The van der Waals surface area contributed by atoms with Gasteiger partial charge in [-0.3, -0.25) is 9.59 Å². The van der Waals surface area contributed by atoms with Crippen molar-refractivity contribution < 1.29 is 24.5 Å². The molecule has 0 aliphatic heterocycles. The number of hydrogen-bond donors (Lipinski definition) is 3. The van der Waals surface area contributed by atoms with Crippen LogP contribution in [0, 0.1) is 0 Å². The number of hydrogen-bond acceptors (Lipinski definition) is 5. The summed E-state index contributed by atoms with van der Waals surface area (Å²) in [5.41, 5.74) is 0. The molecule has 3 N–H and O–H groups in total. The summed E-state index contributed by atoms with van der Waals surface area (Å²) in [5, 5.41) is 23.4. The Morgan fingerprint density at radius 1 is 0.282 bits per heavy atom. The van der Waals surface area contributed by atoms with Crippen LogP contribution in [0.5, 0.6) is 0 Å². The van der Waals surface area contributed by atoms with Crippen LogP contribution in [0.2, 0.25) is 0 Å². The molecule has 0 aromatic rings. The van der Waals surface area contributed by atoms with Crippen molar-refractivity contribution in [2.45, 2.75) is 482 Å². The number of nitrogens with one attached hydrogen (secondary N) is 1. The molecule has 0 rings (SSSR count). The Balaban J connectivity index is 3.29. The SMILES string of the molecule is CCCCCCCCCCCCCCCCCCCCC(O)C(CO)NC(=O)CCCCCCCCCCCCCCCCCCCCCCCCCCCCCCCCCCCCCOC(=O)CCCCCCCCCCCCCCCCC. The molecule has 0 aromatic carbocycles. The summed E-state index contributed by atoms with van der Waals surface area (Å²) in [7, 11) is 0. The highest BCUT2D eigenvalue weighted by Crippen LogP contribution is 2.21. The van der Waals surface area contributed by atoms with Crippen LogP contribution >= 0.6 is 0 Å². The van der Waals surface area contributed by atoms with Crippen molar-refractivity contribution in [1.29, 1.82) is 0 Å². The first-order chi connectivity index (χ1) is 42.0.